The monoisotopic (exact) mass is 240 g/mol. The Morgan fingerprint density at radius 3 is 2.59 bits per heavy atom. The zero-order valence-corrected chi connectivity index (χ0v) is 11.5. The third kappa shape index (κ3) is 3.94. The number of likely N-dealkylation sites (tertiary alicyclic amines) is 1. The summed E-state index contributed by atoms with van der Waals surface area (Å²) in [5.41, 5.74) is 0. The Labute approximate surface area is 106 Å². The van der Waals surface area contributed by atoms with Crippen molar-refractivity contribution in [2.24, 2.45) is 5.92 Å². The average Bonchev–Trinajstić information content (AvgIpc) is 2.75. The molecule has 0 amide bonds. The van der Waals surface area contributed by atoms with E-state index in [2.05, 4.69) is 24.1 Å². The van der Waals surface area contributed by atoms with Gasteiger partial charge in [-0.15, -0.1) is 0 Å². The minimum Gasteiger partial charge on any atom is -0.378 e. The first-order valence-corrected chi connectivity index (χ1v) is 7.37. The van der Waals surface area contributed by atoms with Crippen LogP contribution < -0.4 is 5.32 Å². The summed E-state index contributed by atoms with van der Waals surface area (Å²) in [6.07, 6.45) is 5.63. The van der Waals surface area contributed by atoms with Crippen LogP contribution in [0.2, 0.25) is 0 Å². The van der Waals surface area contributed by atoms with Crippen LogP contribution in [0.4, 0.5) is 0 Å². The van der Waals surface area contributed by atoms with Crippen LogP contribution in [0.25, 0.3) is 0 Å². The number of hydrogen-bond acceptors (Lipinski definition) is 3. The highest BCUT2D eigenvalue weighted by Gasteiger charge is 2.25. The van der Waals surface area contributed by atoms with Crippen molar-refractivity contribution in [1.29, 1.82) is 0 Å². The predicted molar refractivity (Wildman–Crippen MR) is 71.3 cm³/mol. The lowest BCUT2D eigenvalue weighted by Gasteiger charge is -2.33. The highest BCUT2D eigenvalue weighted by Crippen LogP contribution is 2.20. The molecular weight excluding hydrogens is 212 g/mol. The van der Waals surface area contributed by atoms with Gasteiger partial charge < -0.3 is 15.0 Å². The molecule has 3 heteroatoms. The molecule has 2 aliphatic rings. The lowest BCUT2D eigenvalue weighted by atomic mass is 10.00. The third-order valence-electron chi connectivity index (χ3n) is 4.33. The van der Waals surface area contributed by atoms with Gasteiger partial charge in [-0.25, -0.2) is 0 Å². The molecule has 0 aromatic heterocycles. The number of hydrogen-bond donors (Lipinski definition) is 1. The molecule has 0 spiro atoms. The van der Waals surface area contributed by atoms with Crippen molar-refractivity contribution in [2.45, 2.75) is 51.7 Å². The quantitative estimate of drug-likeness (QED) is 0.794. The van der Waals surface area contributed by atoms with Crippen LogP contribution in [-0.2, 0) is 4.74 Å². The molecule has 3 nitrogen and oxygen atoms in total. The van der Waals surface area contributed by atoms with E-state index in [1.54, 1.807) is 0 Å². The van der Waals surface area contributed by atoms with Crippen molar-refractivity contribution in [3.05, 3.63) is 0 Å². The van der Waals surface area contributed by atoms with Gasteiger partial charge in [0.05, 0.1) is 6.10 Å². The smallest absolute Gasteiger partial charge is 0.0588 e. The number of ether oxygens (including phenoxy) is 1. The summed E-state index contributed by atoms with van der Waals surface area (Å²) in [6.45, 7) is 10.4. The molecule has 17 heavy (non-hydrogen) atoms. The van der Waals surface area contributed by atoms with Crippen molar-refractivity contribution < 1.29 is 4.74 Å². The standard InChI is InChI=1S/C14H28N2O/c1-3-7-16-8-4-14(5-9-16)15-11-13-6-10-17-12(13)2/h12-15H,3-11H2,1-2H3. The molecule has 0 bridgehead atoms. The van der Waals surface area contributed by atoms with Crippen molar-refractivity contribution in [1.82, 2.24) is 10.2 Å². The van der Waals surface area contributed by atoms with Gasteiger partial charge >= 0.3 is 0 Å². The van der Waals surface area contributed by atoms with E-state index < -0.39 is 0 Å². The molecule has 0 aromatic rings. The molecule has 0 saturated carbocycles. The van der Waals surface area contributed by atoms with E-state index >= 15 is 0 Å². The van der Waals surface area contributed by atoms with Crippen LogP contribution in [0.5, 0.6) is 0 Å². The zero-order chi connectivity index (χ0) is 12.1. The topological polar surface area (TPSA) is 24.5 Å². The Hall–Kier alpha value is -0.120. The fourth-order valence-corrected chi connectivity index (χ4v) is 3.04. The van der Waals surface area contributed by atoms with Crippen molar-refractivity contribution in [2.75, 3.05) is 32.8 Å². The maximum absolute atomic E-state index is 5.61. The molecule has 2 rings (SSSR count). The van der Waals surface area contributed by atoms with Crippen molar-refractivity contribution in [3.8, 4) is 0 Å². The molecule has 0 radical (unpaired) electrons. The van der Waals surface area contributed by atoms with Gasteiger partial charge in [-0.05, 0) is 58.2 Å². The third-order valence-corrected chi connectivity index (χ3v) is 4.33. The van der Waals surface area contributed by atoms with E-state index in [-0.39, 0.29) is 0 Å². The van der Waals surface area contributed by atoms with Crippen molar-refractivity contribution in [3.63, 3.8) is 0 Å². The largest absolute Gasteiger partial charge is 0.378 e. The van der Waals surface area contributed by atoms with Crippen LogP contribution in [0.1, 0.15) is 39.5 Å². The molecule has 100 valence electrons. The minimum atomic E-state index is 0.461. The molecule has 2 heterocycles. The van der Waals surface area contributed by atoms with Crippen LogP contribution >= 0.6 is 0 Å². The van der Waals surface area contributed by atoms with Gasteiger partial charge in [0.15, 0.2) is 0 Å². The number of nitrogens with zero attached hydrogens (tertiary/aromatic N) is 1. The molecule has 0 aromatic carbocycles. The van der Waals surface area contributed by atoms with Crippen LogP contribution in [0.3, 0.4) is 0 Å². The molecule has 2 fully saturated rings. The van der Waals surface area contributed by atoms with E-state index in [4.69, 9.17) is 4.74 Å². The van der Waals surface area contributed by atoms with Crippen molar-refractivity contribution >= 4 is 0 Å². The number of piperidine rings is 1. The fourth-order valence-electron chi connectivity index (χ4n) is 3.04. The molecular formula is C14H28N2O. The molecule has 2 saturated heterocycles. The Morgan fingerprint density at radius 1 is 1.24 bits per heavy atom. The Bertz CT molecular complexity index is 214. The summed E-state index contributed by atoms with van der Waals surface area (Å²) in [7, 11) is 0. The SMILES string of the molecule is CCCN1CCC(NCC2CCOC2C)CC1. The maximum atomic E-state index is 5.61. The highest BCUT2D eigenvalue weighted by molar-refractivity contribution is 4.80. The zero-order valence-electron chi connectivity index (χ0n) is 11.5. The summed E-state index contributed by atoms with van der Waals surface area (Å²) < 4.78 is 5.61. The van der Waals surface area contributed by atoms with Gasteiger partial charge in [-0.3, -0.25) is 0 Å². The number of nitrogens with one attached hydrogen (secondary N) is 1. The van der Waals surface area contributed by atoms with Gasteiger partial charge in [0.25, 0.3) is 0 Å². The summed E-state index contributed by atoms with van der Waals surface area (Å²) in [6, 6.07) is 0.746. The molecule has 0 aliphatic carbocycles. The Balaban J connectivity index is 1.61. The van der Waals surface area contributed by atoms with E-state index in [0.29, 0.717) is 6.10 Å². The van der Waals surface area contributed by atoms with Crippen LogP contribution in [0.15, 0.2) is 0 Å². The second kappa shape index (κ2) is 6.72. The molecule has 1 N–H and O–H groups in total. The second-order valence-corrected chi connectivity index (χ2v) is 5.65. The van der Waals surface area contributed by atoms with E-state index in [9.17, 15) is 0 Å². The van der Waals surface area contributed by atoms with Gasteiger partial charge in [0.1, 0.15) is 0 Å². The molecule has 2 aliphatic heterocycles. The average molecular weight is 240 g/mol. The van der Waals surface area contributed by atoms with Crippen LogP contribution in [-0.4, -0.2) is 49.8 Å². The van der Waals surface area contributed by atoms with E-state index in [1.165, 1.54) is 45.3 Å². The molecule has 2 unspecified atom stereocenters. The Morgan fingerprint density at radius 2 is 2.00 bits per heavy atom. The first kappa shape index (κ1) is 13.3. The summed E-state index contributed by atoms with van der Waals surface area (Å²) in [5.74, 6) is 0.740. The lowest BCUT2D eigenvalue weighted by Crippen LogP contribution is -2.44. The van der Waals surface area contributed by atoms with E-state index in [1.807, 2.05) is 0 Å². The van der Waals surface area contributed by atoms with Gasteiger partial charge in [0, 0.05) is 19.2 Å². The normalized spacial score (nSPS) is 32.1. The Kier molecular flexibility index (Phi) is 5.26. The number of rotatable bonds is 5. The maximum Gasteiger partial charge on any atom is 0.0588 e. The van der Waals surface area contributed by atoms with E-state index in [0.717, 1.165) is 25.1 Å². The first-order chi connectivity index (χ1) is 8.29. The summed E-state index contributed by atoms with van der Waals surface area (Å²) in [5, 5.41) is 3.75. The highest BCUT2D eigenvalue weighted by atomic mass is 16.5. The molecule has 2 atom stereocenters. The van der Waals surface area contributed by atoms with Crippen LogP contribution in [0, 0.1) is 5.92 Å². The minimum absolute atomic E-state index is 0.461. The predicted octanol–water partition coefficient (Wildman–Crippen LogP) is 1.88. The van der Waals surface area contributed by atoms with Gasteiger partial charge in [-0.1, -0.05) is 6.92 Å². The first-order valence-electron chi connectivity index (χ1n) is 7.37. The fraction of sp³-hybridized carbons (Fsp3) is 1.00. The lowest BCUT2D eigenvalue weighted by molar-refractivity contribution is 0.103. The summed E-state index contributed by atoms with van der Waals surface area (Å²) >= 11 is 0. The van der Waals surface area contributed by atoms with Gasteiger partial charge in [-0.2, -0.15) is 0 Å². The summed E-state index contributed by atoms with van der Waals surface area (Å²) in [4.78, 5) is 2.60. The van der Waals surface area contributed by atoms with Gasteiger partial charge in [0.2, 0.25) is 0 Å². The second-order valence-electron chi connectivity index (χ2n) is 5.65.